The van der Waals surface area contributed by atoms with Crippen molar-refractivity contribution in [3.05, 3.63) is 35.6 Å². The van der Waals surface area contributed by atoms with Crippen LogP contribution < -0.4 is 16.0 Å². The van der Waals surface area contributed by atoms with Crippen LogP contribution in [-0.4, -0.2) is 50.3 Å². The van der Waals surface area contributed by atoms with Gasteiger partial charge in [0.1, 0.15) is 5.82 Å². The molecule has 1 aromatic carbocycles. The molecule has 7 heteroatoms. The summed E-state index contributed by atoms with van der Waals surface area (Å²) < 4.78 is 19.3. The van der Waals surface area contributed by atoms with Crippen LogP contribution in [0.5, 0.6) is 0 Å². The zero-order valence-electron chi connectivity index (χ0n) is 14.9. The second-order valence-electron chi connectivity index (χ2n) is 6.26. The molecular formula is C18H27FN4O2. The van der Waals surface area contributed by atoms with Crippen LogP contribution in [-0.2, 0) is 4.74 Å². The molecule has 0 radical (unpaired) electrons. The van der Waals surface area contributed by atoms with E-state index in [1.807, 2.05) is 6.92 Å². The molecule has 0 aromatic heterocycles. The number of aliphatic imine (C=N–C) groups is 1. The maximum atomic E-state index is 13.5. The second kappa shape index (κ2) is 9.36. The average molecular weight is 350 g/mol. The van der Waals surface area contributed by atoms with Crippen molar-refractivity contribution in [1.82, 2.24) is 16.0 Å². The standard InChI is InChI=1S/C18H27FN4O2/c1-3-20-17(23-13-18(2)9-6-12-25-18)22-11-10-21-16(24)14-7-4-5-8-15(14)19/h4-5,7-8H,3,6,9-13H2,1-2H3,(H,21,24)(H2,20,22,23). The average Bonchev–Trinajstić information content (AvgIpc) is 3.03. The van der Waals surface area contributed by atoms with E-state index in [9.17, 15) is 9.18 Å². The van der Waals surface area contributed by atoms with Crippen molar-refractivity contribution in [2.24, 2.45) is 4.99 Å². The molecule has 6 nitrogen and oxygen atoms in total. The van der Waals surface area contributed by atoms with Crippen LogP contribution in [0, 0.1) is 5.82 Å². The minimum atomic E-state index is -0.521. The fraction of sp³-hybridized carbons (Fsp3) is 0.556. The van der Waals surface area contributed by atoms with Crippen LogP contribution in [0.15, 0.2) is 29.3 Å². The molecular weight excluding hydrogens is 323 g/mol. The number of nitrogens with zero attached hydrogens (tertiary/aromatic N) is 1. The molecule has 2 rings (SSSR count). The van der Waals surface area contributed by atoms with Crippen LogP contribution in [0.25, 0.3) is 0 Å². The van der Waals surface area contributed by atoms with E-state index in [1.54, 1.807) is 12.1 Å². The van der Waals surface area contributed by atoms with E-state index in [2.05, 4.69) is 27.9 Å². The largest absolute Gasteiger partial charge is 0.373 e. The quantitative estimate of drug-likeness (QED) is 0.397. The van der Waals surface area contributed by atoms with E-state index < -0.39 is 11.7 Å². The molecule has 1 aliphatic heterocycles. The van der Waals surface area contributed by atoms with Gasteiger partial charge in [-0.15, -0.1) is 0 Å². The topological polar surface area (TPSA) is 74.8 Å². The molecule has 1 unspecified atom stereocenters. The molecule has 1 saturated heterocycles. The zero-order valence-corrected chi connectivity index (χ0v) is 14.9. The fourth-order valence-corrected chi connectivity index (χ4v) is 2.65. The van der Waals surface area contributed by atoms with Crippen molar-refractivity contribution in [1.29, 1.82) is 0 Å². The van der Waals surface area contributed by atoms with Crippen molar-refractivity contribution < 1.29 is 13.9 Å². The van der Waals surface area contributed by atoms with E-state index in [0.717, 1.165) is 26.0 Å². The lowest BCUT2D eigenvalue weighted by molar-refractivity contribution is 0.0283. The van der Waals surface area contributed by atoms with E-state index in [4.69, 9.17) is 4.74 Å². The number of rotatable bonds is 7. The third-order valence-electron chi connectivity index (χ3n) is 4.04. The Morgan fingerprint density at radius 1 is 1.28 bits per heavy atom. The summed E-state index contributed by atoms with van der Waals surface area (Å²) in [6, 6.07) is 5.93. The molecule has 138 valence electrons. The van der Waals surface area contributed by atoms with Gasteiger partial charge in [0.25, 0.3) is 5.91 Å². The molecule has 3 N–H and O–H groups in total. The maximum Gasteiger partial charge on any atom is 0.254 e. The minimum Gasteiger partial charge on any atom is -0.373 e. The number of benzene rings is 1. The highest BCUT2D eigenvalue weighted by Crippen LogP contribution is 2.24. The predicted molar refractivity (Wildman–Crippen MR) is 96.3 cm³/mol. The number of hydrogen-bond donors (Lipinski definition) is 3. The Kier molecular flexibility index (Phi) is 7.18. The van der Waals surface area contributed by atoms with Gasteiger partial charge >= 0.3 is 0 Å². The first kappa shape index (κ1) is 19.2. The van der Waals surface area contributed by atoms with Gasteiger partial charge in [0, 0.05) is 26.2 Å². The number of hydrogen-bond acceptors (Lipinski definition) is 3. The molecule has 0 aliphatic carbocycles. The Morgan fingerprint density at radius 3 is 2.72 bits per heavy atom. The zero-order chi connectivity index (χ0) is 18.1. The van der Waals surface area contributed by atoms with Crippen LogP contribution in [0.2, 0.25) is 0 Å². The molecule has 0 bridgehead atoms. The number of ether oxygens (including phenoxy) is 1. The van der Waals surface area contributed by atoms with Crippen LogP contribution >= 0.6 is 0 Å². The number of amides is 1. The van der Waals surface area contributed by atoms with Gasteiger partial charge in [-0.25, -0.2) is 4.39 Å². The van der Waals surface area contributed by atoms with Gasteiger partial charge < -0.3 is 20.7 Å². The van der Waals surface area contributed by atoms with Gasteiger partial charge in [-0.1, -0.05) is 12.1 Å². The summed E-state index contributed by atoms with van der Waals surface area (Å²) in [5, 5.41) is 9.01. The van der Waals surface area contributed by atoms with Gasteiger partial charge in [-0.3, -0.25) is 9.79 Å². The van der Waals surface area contributed by atoms with Crippen molar-refractivity contribution in [2.75, 3.05) is 32.8 Å². The molecule has 0 spiro atoms. The third-order valence-corrected chi connectivity index (χ3v) is 4.04. The Morgan fingerprint density at radius 2 is 2.04 bits per heavy atom. The van der Waals surface area contributed by atoms with Gasteiger partial charge in [0.05, 0.1) is 17.7 Å². The monoisotopic (exact) mass is 350 g/mol. The maximum absolute atomic E-state index is 13.5. The third kappa shape index (κ3) is 6.01. The molecule has 1 aromatic rings. The number of guanidine groups is 1. The van der Waals surface area contributed by atoms with Crippen LogP contribution in [0.1, 0.15) is 37.0 Å². The van der Waals surface area contributed by atoms with E-state index in [-0.39, 0.29) is 11.2 Å². The molecule has 25 heavy (non-hydrogen) atoms. The Hall–Kier alpha value is -2.15. The smallest absolute Gasteiger partial charge is 0.254 e. The molecule has 1 fully saturated rings. The van der Waals surface area contributed by atoms with E-state index >= 15 is 0 Å². The van der Waals surface area contributed by atoms with Gasteiger partial charge in [-0.05, 0) is 38.8 Å². The first-order valence-electron chi connectivity index (χ1n) is 8.73. The molecule has 0 saturated carbocycles. The van der Waals surface area contributed by atoms with Crippen LogP contribution in [0.3, 0.4) is 0 Å². The Labute approximate surface area is 148 Å². The number of carbonyl (C=O) groups excluding carboxylic acids is 1. The van der Waals surface area contributed by atoms with Crippen molar-refractivity contribution in [3.8, 4) is 0 Å². The number of halogens is 1. The van der Waals surface area contributed by atoms with Crippen LogP contribution in [0.4, 0.5) is 4.39 Å². The number of nitrogens with one attached hydrogen (secondary N) is 3. The molecule has 1 atom stereocenters. The van der Waals surface area contributed by atoms with Gasteiger partial charge in [0.15, 0.2) is 5.96 Å². The van der Waals surface area contributed by atoms with Crippen molar-refractivity contribution >= 4 is 11.9 Å². The first-order chi connectivity index (χ1) is 12.0. The lowest BCUT2D eigenvalue weighted by Crippen LogP contribution is -2.42. The SMILES string of the molecule is CCNC(=NCC1(C)CCCO1)NCCNC(=O)c1ccccc1F. The van der Waals surface area contributed by atoms with E-state index in [1.165, 1.54) is 12.1 Å². The highest BCUT2D eigenvalue weighted by Gasteiger charge is 2.29. The summed E-state index contributed by atoms with van der Waals surface area (Å²) in [5.74, 6) is -0.263. The summed E-state index contributed by atoms with van der Waals surface area (Å²) in [5.41, 5.74) is -0.143. The lowest BCUT2D eigenvalue weighted by atomic mass is 10.0. The Bertz CT molecular complexity index is 600. The summed E-state index contributed by atoms with van der Waals surface area (Å²) in [4.78, 5) is 16.5. The van der Waals surface area contributed by atoms with Crippen molar-refractivity contribution in [3.63, 3.8) is 0 Å². The summed E-state index contributed by atoms with van der Waals surface area (Å²) in [7, 11) is 0. The van der Waals surface area contributed by atoms with Crippen molar-refractivity contribution in [2.45, 2.75) is 32.3 Å². The highest BCUT2D eigenvalue weighted by molar-refractivity contribution is 5.94. The fourth-order valence-electron chi connectivity index (χ4n) is 2.65. The van der Waals surface area contributed by atoms with Gasteiger partial charge in [0.2, 0.25) is 0 Å². The van der Waals surface area contributed by atoms with Gasteiger partial charge in [-0.2, -0.15) is 0 Å². The Balaban J connectivity index is 1.77. The summed E-state index contributed by atoms with van der Waals surface area (Å²) in [6.07, 6.45) is 2.08. The predicted octanol–water partition coefficient (Wildman–Crippen LogP) is 1.68. The molecule has 1 aliphatic rings. The minimum absolute atomic E-state index is 0.0504. The normalized spacial score (nSPS) is 20.4. The molecule has 1 amide bonds. The highest BCUT2D eigenvalue weighted by atomic mass is 19.1. The second-order valence-corrected chi connectivity index (χ2v) is 6.26. The lowest BCUT2D eigenvalue weighted by Gasteiger charge is -2.21. The summed E-state index contributed by atoms with van der Waals surface area (Å²) in [6.45, 7) is 7.04. The van der Waals surface area contributed by atoms with E-state index in [0.29, 0.717) is 25.6 Å². The summed E-state index contributed by atoms with van der Waals surface area (Å²) >= 11 is 0. The first-order valence-corrected chi connectivity index (χ1v) is 8.73. The molecule has 1 heterocycles. The number of carbonyl (C=O) groups is 1.